The van der Waals surface area contributed by atoms with Crippen molar-refractivity contribution in [2.45, 2.75) is 26.7 Å². The van der Waals surface area contributed by atoms with Gasteiger partial charge in [0.25, 0.3) is 0 Å². The van der Waals surface area contributed by atoms with E-state index in [9.17, 15) is 0 Å². The fourth-order valence-electron chi connectivity index (χ4n) is 1.17. The number of imidazole rings is 1. The molecule has 1 N–H and O–H groups in total. The summed E-state index contributed by atoms with van der Waals surface area (Å²) in [7, 11) is 0. The Morgan fingerprint density at radius 2 is 2.07 bits per heavy atom. The lowest BCUT2D eigenvalue weighted by atomic mass is 10.1. The van der Waals surface area contributed by atoms with Crippen LogP contribution < -0.4 is 0 Å². The van der Waals surface area contributed by atoms with E-state index in [0.717, 1.165) is 16.7 Å². The zero-order chi connectivity index (χ0) is 11.3. The van der Waals surface area contributed by atoms with E-state index in [1.54, 1.807) is 12.4 Å². The van der Waals surface area contributed by atoms with E-state index in [4.69, 9.17) is 0 Å². The molecule has 0 aromatic carbocycles. The van der Waals surface area contributed by atoms with E-state index < -0.39 is 0 Å². The first-order valence-electron chi connectivity index (χ1n) is 5.05. The summed E-state index contributed by atoms with van der Waals surface area (Å²) in [5.74, 6) is 0.464. The molecule has 2 rings (SSSR count). The van der Waals surface area contributed by atoms with Crippen molar-refractivity contribution in [3.8, 4) is 0 Å². The van der Waals surface area contributed by atoms with Gasteiger partial charge < -0.3 is 4.98 Å². The van der Waals surface area contributed by atoms with Gasteiger partial charge in [-0.25, -0.2) is 4.98 Å². The van der Waals surface area contributed by atoms with Crippen molar-refractivity contribution in [2.75, 3.05) is 0 Å². The summed E-state index contributed by atoms with van der Waals surface area (Å²) in [5, 5.41) is 0. The number of rotatable bonds is 1. The topological polar surface area (TPSA) is 41.6 Å². The van der Waals surface area contributed by atoms with E-state index in [2.05, 4.69) is 35.4 Å². The van der Waals surface area contributed by atoms with Gasteiger partial charge in [-0.05, 0) is 18.9 Å². The fraction of sp³-hybridized carbons (Fsp3) is 0.333. The summed E-state index contributed by atoms with van der Waals surface area (Å²) in [6.07, 6.45) is 5.27. The average Bonchev–Trinajstić information content (AvgIpc) is 2.65. The monoisotopic (exact) mass is 203 g/mol. The van der Waals surface area contributed by atoms with Gasteiger partial charge in [-0.2, -0.15) is 0 Å². The number of nitrogens with one attached hydrogen (secondary N) is 1. The van der Waals surface area contributed by atoms with Gasteiger partial charge in [0.2, 0.25) is 0 Å². The second kappa shape index (κ2) is 5.29. The molecule has 0 radical (unpaired) electrons. The van der Waals surface area contributed by atoms with Crippen LogP contribution in [0.15, 0.2) is 31.2 Å². The summed E-state index contributed by atoms with van der Waals surface area (Å²) < 4.78 is 0. The highest BCUT2D eigenvalue weighted by Gasteiger charge is 2.02. The van der Waals surface area contributed by atoms with Crippen LogP contribution in [0.1, 0.15) is 32.4 Å². The zero-order valence-corrected chi connectivity index (χ0v) is 9.49. The molecular formula is C12H17N3. The molecule has 0 spiro atoms. The van der Waals surface area contributed by atoms with Crippen molar-refractivity contribution >= 4 is 11.0 Å². The van der Waals surface area contributed by atoms with Crippen LogP contribution in [-0.2, 0) is 0 Å². The molecule has 15 heavy (non-hydrogen) atoms. The maximum atomic E-state index is 4.31. The maximum absolute atomic E-state index is 4.31. The van der Waals surface area contributed by atoms with Gasteiger partial charge in [0.05, 0.1) is 23.6 Å². The quantitative estimate of drug-likeness (QED) is 0.723. The Kier molecular flexibility index (Phi) is 4.03. The van der Waals surface area contributed by atoms with Crippen molar-refractivity contribution in [1.82, 2.24) is 15.0 Å². The third kappa shape index (κ3) is 2.91. The Hall–Kier alpha value is -1.64. The molecule has 0 aliphatic rings. The van der Waals surface area contributed by atoms with Gasteiger partial charge in [-0.3, -0.25) is 4.98 Å². The Bertz CT molecular complexity index is 429. The Balaban J connectivity index is 0.000000337. The van der Waals surface area contributed by atoms with Gasteiger partial charge in [-0.15, -0.1) is 6.58 Å². The van der Waals surface area contributed by atoms with Crippen molar-refractivity contribution < 1.29 is 0 Å². The van der Waals surface area contributed by atoms with Crippen LogP contribution in [0.2, 0.25) is 0 Å². The molecule has 3 nitrogen and oxygen atoms in total. The first-order chi connectivity index (χ1) is 7.19. The lowest BCUT2D eigenvalue weighted by Crippen LogP contribution is -1.91. The molecule has 3 heteroatoms. The number of aromatic nitrogens is 3. The lowest BCUT2D eigenvalue weighted by molar-refractivity contribution is 0.825. The lowest BCUT2D eigenvalue weighted by Gasteiger charge is -2.01. The van der Waals surface area contributed by atoms with E-state index in [1.807, 2.05) is 19.2 Å². The van der Waals surface area contributed by atoms with Crippen molar-refractivity contribution in [1.29, 1.82) is 0 Å². The number of pyridine rings is 1. The second-order valence-corrected chi connectivity index (χ2v) is 3.59. The smallest absolute Gasteiger partial charge is 0.0932 e. The van der Waals surface area contributed by atoms with Crippen LogP contribution in [-0.4, -0.2) is 15.0 Å². The highest BCUT2D eigenvalue weighted by molar-refractivity contribution is 5.73. The summed E-state index contributed by atoms with van der Waals surface area (Å²) >= 11 is 0. The summed E-state index contributed by atoms with van der Waals surface area (Å²) in [4.78, 5) is 11.5. The van der Waals surface area contributed by atoms with Gasteiger partial charge >= 0.3 is 0 Å². The molecule has 0 aliphatic carbocycles. The average molecular weight is 203 g/mol. The normalized spacial score (nSPS) is 9.87. The second-order valence-electron chi connectivity index (χ2n) is 3.59. The SMILES string of the molecule is C=CC.CC(C)c1cc2nc[nH]c2cn1. The third-order valence-electron chi connectivity index (χ3n) is 1.92. The molecule has 80 valence electrons. The minimum absolute atomic E-state index is 0.464. The van der Waals surface area contributed by atoms with Gasteiger partial charge in [0.1, 0.15) is 0 Å². The molecule has 0 amide bonds. The number of nitrogens with zero attached hydrogens (tertiary/aromatic N) is 2. The van der Waals surface area contributed by atoms with Crippen LogP contribution in [0.4, 0.5) is 0 Å². The summed E-state index contributed by atoms with van der Waals surface area (Å²) in [5.41, 5.74) is 3.09. The Morgan fingerprint density at radius 3 is 2.67 bits per heavy atom. The first kappa shape index (κ1) is 11.4. The number of allylic oxidation sites excluding steroid dienone is 1. The van der Waals surface area contributed by atoms with E-state index in [0.29, 0.717) is 5.92 Å². The van der Waals surface area contributed by atoms with Gasteiger partial charge in [0, 0.05) is 5.69 Å². The molecule has 0 aliphatic heterocycles. The van der Waals surface area contributed by atoms with Crippen LogP contribution in [0.5, 0.6) is 0 Å². The number of hydrogen-bond donors (Lipinski definition) is 1. The fourth-order valence-corrected chi connectivity index (χ4v) is 1.17. The van der Waals surface area contributed by atoms with Crippen molar-refractivity contribution in [3.05, 3.63) is 36.9 Å². The number of fused-ring (bicyclic) bond motifs is 1. The van der Waals surface area contributed by atoms with Gasteiger partial charge in [0.15, 0.2) is 0 Å². The first-order valence-corrected chi connectivity index (χ1v) is 5.05. The van der Waals surface area contributed by atoms with E-state index in [1.165, 1.54) is 0 Å². The van der Waals surface area contributed by atoms with E-state index in [-0.39, 0.29) is 0 Å². The molecule has 2 aromatic heterocycles. The zero-order valence-electron chi connectivity index (χ0n) is 9.49. The van der Waals surface area contributed by atoms with E-state index >= 15 is 0 Å². The molecule has 2 heterocycles. The number of H-pyrrole nitrogens is 1. The molecule has 0 unspecified atom stereocenters. The minimum atomic E-state index is 0.464. The van der Waals surface area contributed by atoms with Crippen LogP contribution in [0.25, 0.3) is 11.0 Å². The summed E-state index contributed by atoms with van der Waals surface area (Å²) in [6.45, 7) is 9.50. The van der Waals surface area contributed by atoms with Crippen molar-refractivity contribution in [3.63, 3.8) is 0 Å². The van der Waals surface area contributed by atoms with Crippen molar-refractivity contribution in [2.24, 2.45) is 0 Å². The van der Waals surface area contributed by atoms with Crippen LogP contribution in [0, 0.1) is 0 Å². The Labute approximate surface area is 90.3 Å². The largest absolute Gasteiger partial charge is 0.343 e. The van der Waals surface area contributed by atoms with Crippen LogP contribution >= 0.6 is 0 Å². The third-order valence-corrected chi connectivity index (χ3v) is 1.92. The molecule has 0 bridgehead atoms. The Morgan fingerprint density at radius 1 is 1.40 bits per heavy atom. The predicted octanol–water partition coefficient (Wildman–Crippen LogP) is 3.27. The molecule has 0 fully saturated rings. The van der Waals surface area contributed by atoms with Crippen LogP contribution in [0.3, 0.4) is 0 Å². The highest BCUT2D eigenvalue weighted by atomic mass is 14.9. The molecular weight excluding hydrogens is 186 g/mol. The molecule has 0 atom stereocenters. The number of aromatic amines is 1. The molecule has 2 aromatic rings. The molecule has 0 saturated heterocycles. The standard InChI is InChI=1S/C9H11N3.C3H6/c1-6(2)7-3-8-9(4-10-7)12-5-11-8;1-3-2/h3-6H,1-2H3,(H,11,12);3H,1H2,2H3. The van der Waals surface area contributed by atoms with Gasteiger partial charge in [-0.1, -0.05) is 19.9 Å². The minimum Gasteiger partial charge on any atom is -0.343 e. The maximum Gasteiger partial charge on any atom is 0.0932 e. The molecule has 0 saturated carbocycles. The highest BCUT2D eigenvalue weighted by Crippen LogP contribution is 2.15. The number of hydrogen-bond acceptors (Lipinski definition) is 2. The predicted molar refractivity (Wildman–Crippen MR) is 63.8 cm³/mol. The summed E-state index contributed by atoms with van der Waals surface area (Å²) in [6, 6.07) is 2.02.